The molecular formula is C24H36O2. The number of carbonyl (C=O) groups excluding carboxylic acids is 1. The monoisotopic (exact) mass is 356 g/mol. The van der Waals surface area contributed by atoms with Gasteiger partial charge in [0.05, 0.1) is 5.56 Å². The molecule has 144 valence electrons. The number of ether oxygens (including phenoxy) is 1. The van der Waals surface area contributed by atoms with Crippen LogP contribution in [0.2, 0.25) is 0 Å². The fourth-order valence-corrected chi connectivity index (χ4v) is 2.86. The number of unbranched alkanes of at least 4 members (excludes halogenated alkanes) is 9. The molecule has 1 rings (SSSR count). The van der Waals surface area contributed by atoms with Crippen molar-refractivity contribution in [1.82, 2.24) is 0 Å². The normalized spacial score (nSPS) is 10.2. The Morgan fingerprint density at radius 3 is 2.08 bits per heavy atom. The van der Waals surface area contributed by atoms with Gasteiger partial charge in [-0.15, -0.1) is 0 Å². The lowest BCUT2D eigenvalue weighted by atomic mass is 10.1. The summed E-state index contributed by atoms with van der Waals surface area (Å²) in [4.78, 5) is 12.0. The number of benzene rings is 1. The van der Waals surface area contributed by atoms with Crippen LogP contribution in [-0.4, -0.2) is 12.6 Å². The average Bonchev–Trinajstić information content (AvgIpc) is 2.67. The Labute approximate surface area is 160 Å². The van der Waals surface area contributed by atoms with Crippen LogP contribution in [0, 0.1) is 11.8 Å². The third kappa shape index (κ3) is 11.0. The van der Waals surface area contributed by atoms with Gasteiger partial charge in [-0.3, -0.25) is 0 Å². The molecule has 0 fully saturated rings. The number of rotatable bonds is 13. The number of aryl methyl sites for hydroxylation is 1. The van der Waals surface area contributed by atoms with E-state index in [1.807, 2.05) is 24.3 Å². The average molecular weight is 357 g/mol. The van der Waals surface area contributed by atoms with Gasteiger partial charge in [0.2, 0.25) is 0 Å². The van der Waals surface area contributed by atoms with Crippen molar-refractivity contribution in [3.8, 4) is 11.8 Å². The van der Waals surface area contributed by atoms with E-state index in [9.17, 15) is 4.79 Å². The molecule has 0 radical (unpaired) electrons. The van der Waals surface area contributed by atoms with E-state index >= 15 is 0 Å². The summed E-state index contributed by atoms with van der Waals surface area (Å²) in [5.41, 5.74) is 1.88. The molecule has 1 aromatic rings. The van der Waals surface area contributed by atoms with E-state index in [1.165, 1.54) is 63.4 Å². The van der Waals surface area contributed by atoms with Crippen molar-refractivity contribution < 1.29 is 9.53 Å². The van der Waals surface area contributed by atoms with Gasteiger partial charge in [0.1, 0.15) is 0 Å². The van der Waals surface area contributed by atoms with Crippen molar-refractivity contribution >= 4 is 5.97 Å². The summed E-state index contributed by atoms with van der Waals surface area (Å²) in [7, 11) is 0. The standard InChI is InChI=1S/C24H36O2/c1-3-5-7-8-9-10-11-12-13-14-15-21-26-24(25)23-19-17-22(18-20-23)16-6-4-2/h17-20H,3-13,16,21H2,1-2H3. The molecule has 26 heavy (non-hydrogen) atoms. The SMILES string of the molecule is CCCCCCCCCCC#CCOC(=O)c1ccc(CCCC)cc1. The van der Waals surface area contributed by atoms with Crippen LogP contribution >= 0.6 is 0 Å². The minimum Gasteiger partial charge on any atom is -0.449 e. The minimum absolute atomic E-state index is 0.188. The molecule has 0 aliphatic rings. The Bertz CT molecular complexity index is 534. The first-order chi connectivity index (χ1) is 12.8. The molecule has 2 heteroatoms. The summed E-state index contributed by atoms with van der Waals surface area (Å²) in [6.07, 6.45) is 14.8. The number of esters is 1. The van der Waals surface area contributed by atoms with Crippen LogP contribution in [0.5, 0.6) is 0 Å². The number of hydrogen-bond acceptors (Lipinski definition) is 2. The first-order valence-electron chi connectivity index (χ1n) is 10.5. The lowest BCUT2D eigenvalue weighted by Gasteiger charge is -2.03. The molecule has 0 aliphatic heterocycles. The van der Waals surface area contributed by atoms with Gasteiger partial charge in [0.25, 0.3) is 0 Å². The number of carbonyl (C=O) groups is 1. The minimum atomic E-state index is -0.284. The summed E-state index contributed by atoms with van der Waals surface area (Å²) >= 11 is 0. The molecule has 0 aromatic heterocycles. The molecule has 0 saturated carbocycles. The zero-order valence-corrected chi connectivity index (χ0v) is 16.8. The van der Waals surface area contributed by atoms with Gasteiger partial charge in [-0.1, -0.05) is 89.2 Å². The maximum Gasteiger partial charge on any atom is 0.339 e. The summed E-state index contributed by atoms with van der Waals surface area (Å²) in [5.74, 6) is 5.78. The lowest BCUT2D eigenvalue weighted by molar-refractivity contribution is 0.0556. The predicted octanol–water partition coefficient (Wildman–Crippen LogP) is 6.72. The summed E-state index contributed by atoms with van der Waals surface area (Å²) < 4.78 is 5.22. The highest BCUT2D eigenvalue weighted by molar-refractivity contribution is 5.89. The van der Waals surface area contributed by atoms with Crippen LogP contribution in [0.3, 0.4) is 0 Å². The highest BCUT2D eigenvalue weighted by atomic mass is 16.5. The number of hydrogen-bond donors (Lipinski definition) is 0. The Hall–Kier alpha value is -1.75. The molecule has 0 amide bonds. The largest absolute Gasteiger partial charge is 0.449 e. The second kappa shape index (κ2) is 15.5. The quantitative estimate of drug-likeness (QED) is 0.223. The summed E-state index contributed by atoms with van der Waals surface area (Å²) in [5, 5.41) is 0. The van der Waals surface area contributed by atoms with Crippen molar-refractivity contribution in [2.75, 3.05) is 6.61 Å². The molecule has 0 aliphatic carbocycles. The third-order valence-corrected chi connectivity index (χ3v) is 4.56. The first kappa shape index (κ1) is 22.3. The summed E-state index contributed by atoms with van der Waals surface area (Å²) in [6.45, 7) is 4.62. The molecule has 0 saturated heterocycles. The second-order valence-corrected chi connectivity index (χ2v) is 6.96. The molecule has 0 heterocycles. The fraction of sp³-hybridized carbons (Fsp3) is 0.625. The van der Waals surface area contributed by atoms with E-state index in [-0.39, 0.29) is 12.6 Å². The molecule has 0 N–H and O–H groups in total. The molecular weight excluding hydrogens is 320 g/mol. The van der Waals surface area contributed by atoms with Crippen LogP contribution in [0.1, 0.15) is 100 Å². The smallest absolute Gasteiger partial charge is 0.339 e. The molecule has 0 spiro atoms. The van der Waals surface area contributed by atoms with E-state index in [2.05, 4.69) is 25.7 Å². The van der Waals surface area contributed by atoms with Crippen molar-refractivity contribution in [2.45, 2.75) is 90.9 Å². The Balaban J connectivity index is 2.08. The third-order valence-electron chi connectivity index (χ3n) is 4.56. The van der Waals surface area contributed by atoms with Crippen molar-refractivity contribution in [2.24, 2.45) is 0 Å². The van der Waals surface area contributed by atoms with E-state index in [0.717, 1.165) is 19.3 Å². The fourth-order valence-electron chi connectivity index (χ4n) is 2.86. The van der Waals surface area contributed by atoms with E-state index in [4.69, 9.17) is 4.74 Å². The molecule has 1 aromatic carbocycles. The highest BCUT2D eigenvalue weighted by Gasteiger charge is 2.05. The molecule has 0 atom stereocenters. The predicted molar refractivity (Wildman–Crippen MR) is 110 cm³/mol. The van der Waals surface area contributed by atoms with Crippen LogP contribution in [0.25, 0.3) is 0 Å². The van der Waals surface area contributed by atoms with E-state index in [1.54, 1.807) is 0 Å². The van der Waals surface area contributed by atoms with Gasteiger partial charge in [0.15, 0.2) is 6.61 Å². The van der Waals surface area contributed by atoms with Gasteiger partial charge in [-0.25, -0.2) is 4.79 Å². The van der Waals surface area contributed by atoms with Crippen molar-refractivity contribution in [3.05, 3.63) is 35.4 Å². The zero-order chi connectivity index (χ0) is 18.9. The highest BCUT2D eigenvalue weighted by Crippen LogP contribution is 2.10. The van der Waals surface area contributed by atoms with E-state index < -0.39 is 0 Å². The van der Waals surface area contributed by atoms with Gasteiger partial charge < -0.3 is 4.74 Å². The Morgan fingerprint density at radius 1 is 0.808 bits per heavy atom. The Morgan fingerprint density at radius 2 is 1.42 bits per heavy atom. The lowest BCUT2D eigenvalue weighted by Crippen LogP contribution is -2.05. The van der Waals surface area contributed by atoms with Crippen LogP contribution in [-0.2, 0) is 11.2 Å². The molecule has 2 nitrogen and oxygen atoms in total. The van der Waals surface area contributed by atoms with Crippen LogP contribution in [0.4, 0.5) is 0 Å². The zero-order valence-electron chi connectivity index (χ0n) is 16.8. The maximum atomic E-state index is 12.0. The second-order valence-electron chi connectivity index (χ2n) is 6.96. The maximum absolute atomic E-state index is 12.0. The van der Waals surface area contributed by atoms with Crippen LogP contribution in [0.15, 0.2) is 24.3 Å². The van der Waals surface area contributed by atoms with Crippen molar-refractivity contribution in [3.63, 3.8) is 0 Å². The summed E-state index contributed by atoms with van der Waals surface area (Å²) in [6, 6.07) is 7.73. The van der Waals surface area contributed by atoms with Gasteiger partial charge in [-0.2, -0.15) is 0 Å². The van der Waals surface area contributed by atoms with Crippen LogP contribution < -0.4 is 0 Å². The topological polar surface area (TPSA) is 26.3 Å². The van der Waals surface area contributed by atoms with E-state index in [0.29, 0.717) is 5.56 Å². The first-order valence-corrected chi connectivity index (χ1v) is 10.5. The van der Waals surface area contributed by atoms with Gasteiger partial charge >= 0.3 is 5.97 Å². The van der Waals surface area contributed by atoms with Gasteiger partial charge in [0, 0.05) is 6.42 Å². The van der Waals surface area contributed by atoms with Gasteiger partial charge in [-0.05, 0) is 37.0 Å². The molecule has 0 bridgehead atoms. The molecule has 0 unspecified atom stereocenters. The van der Waals surface area contributed by atoms with Crippen molar-refractivity contribution in [1.29, 1.82) is 0 Å². The Kier molecular flexibility index (Phi) is 13.3.